The van der Waals surface area contributed by atoms with Gasteiger partial charge in [0.05, 0.1) is 14.8 Å². The summed E-state index contributed by atoms with van der Waals surface area (Å²) < 4.78 is 0. The molecule has 0 fully saturated rings. The summed E-state index contributed by atoms with van der Waals surface area (Å²) in [5.74, 6) is 0. The van der Waals surface area contributed by atoms with Gasteiger partial charge in [0.1, 0.15) is 5.56 Å². The van der Waals surface area contributed by atoms with Gasteiger partial charge in [0.2, 0.25) is 0 Å². The summed E-state index contributed by atoms with van der Waals surface area (Å²) in [6.45, 7) is 1.05. The van der Waals surface area contributed by atoms with Crippen molar-refractivity contribution in [2.45, 2.75) is 6.92 Å². The van der Waals surface area contributed by atoms with Crippen LogP contribution < -0.4 is 11.5 Å². The van der Waals surface area contributed by atoms with E-state index in [4.69, 9.17) is 11.5 Å². The van der Waals surface area contributed by atoms with Gasteiger partial charge in [-0.05, 0) is 6.92 Å². The maximum atomic E-state index is 10.7. The molecule has 18 heavy (non-hydrogen) atoms. The van der Waals surface area contributed by atoms with Crippen molar-refractivity contribution in [2.24, 2.45) is 0 Å². The summed E-state index contributed by atoms with van der Waals surface area (Å²) in [6.07, 6.45) is 0. The number of nitro benzene ring substituents is 3. The minimum atomic E-state index is -1.09. The number of nitrogen functional groups attached to an aromatic ring is 2. The van der Waals surface area contributed by atoms with Crippen LogP contribution in [-0.2, 0) is 0 Å². The van der Waals surface area contributed by atoms with Gasteiger partial charge in [0.15, 0.2) is 11.4 Å². The van der Waals surface area contributed by atoms with Crippen LogP contribution in [0.2, 0.25) is 0 Å². The van der Waals surface area contributed by atoms with Crippen LogP contribution in [0.1, 0.15) is 5.56 Å². The molecule has 1 rings (SSSR count). The molecule has 0 bridgehead atoms. The van der Waals surface area contributed by atoms with Gasteiger partial charge in [0.25, 0.3) is 0 Å². The van der Waals surface area contributed by atoms with Crippen LogP contribution in [0, 0.1) is 37.3 Å². The topological polar surface area (TPSA) is 181 Å². The second-order valence-corrected chi connectivity index (χ2v) is 3.27. The molecule has 1 aromatic carbocycles. The smallest absolute Gasteiger partial charge is 0.329 e. The van der Waals surface area contributed by atoms with Crippen LogP contribution >= 0.6 is 0 Å². The van der Waals surface area contributed by atoms with Crippen LogP contribution in [-0.4, -0.2) is 14.8 Å². The van der Waals surface area contributed by atoms with Crippen molar-refractivity contribution in [1.29, 1.82) is 0 Å². The molecule has 11 heteroatoms. The first kappa shape index (κ1) is 13.1. The third kappa shape index (κ3) is 1.73. The first-order valence-electron chi connectivity index (χ1n) is 4.34. The molecule has 0 saturated carbocycles. The number of anilines is 2. The molecule has 0 unspecified atom stereocenters. The van der Waals surface area contributed by atoms with E-state index in [2.05, 4.69) is 0 Å². The van der Waals surface area contributed by atoms with E-state index in [1.54, 1.807) is 0 Å². The minimum absolute atomic E-state index is 0.425. The van der Waals surface area contributed by atoms with Crippen LogP contribution in [0.4, 0.5) is 28.4 Å². The van der Waals surface area contributed by atoms with Gasteiger partial charge in [-0.2, -0.15) is 0 Å². The number of nitro groups is 3. The normalized spacial score (nSPS) is 10.1. The standard InChI is InChI=1S/C7H7N5O6/c1-2-5(10(13)14)3(8)7(12(17)18)4(9)6(2)11(15)16/h8-9H2,1H3. The molecule has 0 amide bonds. The first-order valence-corrected chi connectivity index (χ1v) is 4.34. The number of nitrogens with zero attached hydrogens (tertiary/aromatic N) is 3. The zero-order valence-electron chi connectivity index (χ0n) is 8.95. The Morgan fingerprint density at radius 1 is 0.778 bits per heavy atom. The summed E-state index contributed by atoms with van der Waals surface area (Å²) in [7, 11) is 0. The molecule has 0 heterocycles. The SMILES string of the molecule is Cc1c([N+](=O)[O-])c(N)c([N+](=O)[O-])c(N)c1[N+](=O)[O-]. The molecule has 0 aliphatic heterocycles. The van der Waals surface area contributed by atoms with Gasteiger partial charge < -0.3 is 11.5 Å². The number of nitrogens with two attached hydrogens (primary N) is 2. The third-order valence-electron chi connectivity index (χ3n) is 2.28. The lowest BCUT2D eigenvalue weighted by atomic mass is 10.1. The van der Waals surface area contributed by atoms with E-state index in [1.165, 1.54) is 0 Å². The van der Waals surface area contributed by atoms with Gasteiger partial charge in [-0.25, -0.2) is 0 Å². The quantitative estimate of drug-likeness (QED) is 0.454. The summed E-state index contributed by atoms with van der Waals surface area (Å²) in [5, 5.41) is 32.2. The zero-order chi connectivity index (χ0) is 14.2. The summed E-state index contributed by atoms with van der Waals surface area (Å²) in [6, 6.07) is 0. The number of rotatable bonds is 3. The van der Waals surface area contributed by atoms with Crippen molar-refractivity contribution in [2.75, 3.05) is 11.5 Å². The minimum Gasteiger partial charge on any atom is -0.387 e. The predicted octanol–water partition coefficient (Wildman–Crippen LogP) is 0.884. The van der Waals surface area contributed by atoms with Crippen LogP contribution in [0.15, 0.2) is 0 Å². The highest BCUT2D eigenvalue weighted by molar-refractivity contribution is 5.90. The maximum absolute atomic E-state index is 10.7. The fraction of sp³-hybridized carbons (Fsp3) is 0.143. The fourth-order valence-electron chi connectivity index (χ4n) is 1.55. The van der Waals surface area contributed by atoms with Gasteiger partial charge in [-0.3, -0.25) is 30.3 Å². The lowest BCUT2D eigenvalue weighted by Crippen LogP contribution is -2.09. The van der Waals surface area contributed by atoms with E-state index in [0.717, 1.165) is 6.92 Å². The highest BCUT2D eigenvalue weighted by Gasteiger charge is 2.37. The average molecular weight is 257 g/mol. The average Bonchev–Trinajstić information content (AvgIpc) is 2.14. The Balaban J connectivity index is 3.94. The van der Waals surface area contributed by atoms with E-state index in [-0.39, 0.29) is 0 Å². The van der Waals surface area contributed by atoms with Gasteiger partial charge in [-0.1, -0.05) is 0 Å². The zero-order valence-corrected chi connectivity index (χ0v) is 8.95. The predicted molar refractivity (Wildman–Crippen MR) is 60.0 cm³/mol. The molecule has 4 N–H and O–H groups in total. The first-order chi connectivity index (χ1) is 8.20. The van der Waals surface area contributed by atoms with Crippen molar-refractivity contribution in [3.63, 3.8) is 0 Å². The Hall–Kier alpha value is -2.98. The van der Waals surface area contributed by atoms with Crippen LogP contribution in [0.3, 0.4) is 0 Å². The third-order valence-corrected chi connectivity index (χ3v) is 2.28. The number of hydrogen-bond donors (Lipinski definition) is 2. The molecule has 96 valence electrons. The van der Waals surface area contributed by atoms with Crippen LogP contribution in [0.5, 0.6) is 0 Å². The Kier molecular flexibility index (Phi) is 2.99. The van der Waals surface area contributed by atoms with Gasteiger partial charge in [0, 0.05) is 0 Å². The molecule has 0 radical (unpaired) electrons. The Morgan fingerprint density at radius 2 is 1.06 bits per heavy atom. The molecule has 0 aromatic heterocycles. The number of benzene rings is 1. The molecular weight excluding hydrogens is 250 g/mol. The van der Waals surface area contributed by atoms with Crippen molar-refractivity contribution in [3.8, 4) is 0 Å². The lowest BCUT2D eigenvalue weighted by molar-refractivity contribution is -0.401. The van der Waals surface area contributed by atoms with E-state index in [1.807, 2.05) is 0 Å². The molecule has 0 atom stereocenters. The summed E-state index contributed by atoms with van der Waals surface area (Å²) >= 11 is 0. The monoisotopic (exact) mass is 257 g/mol. The maximum Gasteiger partial charge on any atom is 0.329 e. The molecule has 0 saturated heterocycles. The Bertz CT molecular complexity index is 480. The largest absolute Gasteiger partial charge is 0.387 e. The molecule has 0 aliphatic carbocycles. The molecule has 0 spiro atoms. The van der Waals surface area contributed by atoms with Crippen LogP contribution in [0.25, 0.3) is 0 Å². The second kappa shape index (κ2) is 4.12. The van der Waals surface area contributed by atoms with Crippen molar-refractivity contribution < 1.29 is 14.8 Å². The van der Waals surface area contributed by atoms with E-state index in [9.17, 15) is 30.3 Å². The Labute approximate surface area is 98.4 Å². The van der Waals surface area contributed by atoms with E-state index < -0.39 is 48.8 Å². The van der Waals surface area contributed by atoms with Gasteiger partial charge in [-0.15, -0.1) is 0 Å². The highest BCUT2D eigenvalue weighted by atomic mass is 16.6. The summed E-state index contributed by atoms with van der Waals surface area (Å²) in [5.41, 5.74) is 5.71. The van der Waals surface area contributed by atoms with Crippen molar-refractivity contribution in [1.82, 2.24) is 0 Å². The van der Waals surface area contributed by atoms with Gasteiger partial charge >= 0.3 is 17.1 Å². The molecule has 0 aliphatic rings. The number of hydrogen-bond acceptors (Lipinski definition) is 8. The van der Waals surface area contributed by atoms with Crippen molar-refractivity contribution in [3.05, 3.63) is 35.9 Å². The lowest BCUT2D eigenvalue weighted by Gasteiger charge is -2.06. The molecule has 11 nitrogen and oxygen atoms in total. The van der Waals surface area contributed by atoms with Crippen molar-refractivity contribution >= 4 is 28.4 Å². The molecular formula is C7H7N5O6. The Morgan fingerprint density at radius 3 is 1.28 bits per heavy atom. The van der Waals surface area contributed by atoms with E-state index >= 15 is 0 Å². The van der Waals surface area contributed by atoms with E-state index in [0.29, 0.717) is 0 Å². The molecule has 1 aromatic rings. The highest BCUT2D eigenvalue weighted by Crippen LogP contribution is 2.45. The fourth-order valence-corrected chi connectivity index (χ4v) is 1.55. The summed E-state index contributed by atoms with van der Waals surface area (Å²) in [4.78, 5) is 29.0. The second-order valence-electron chi connectivity index (χ2n) is 3.27.